The van der Waals surface area contributed by atoms with E-state index < -0.39 is 0 Å². The molecule has 0 aliphatic rings. The van der Waals surface area contributed by atoms with Crippen LogP contribution in [0.4, 0.5) is 4.79 Å². The molecule has 7 heteroatoms. The highest BCUT2D eigenvalue weighted by Gasteiger charge is 2.19. The minimum absolute atomic E-state index is 0.352. The fourth-order valence-corrected chi connectivity index (χ4v) is 2.79. The molecule has 3 rings (SSSR count). The molecule has 0 saturated heterocycles. The standard InChI is InChI=1S/C18H22N6O/c1-2-3-4-8-11-17-16(14-15-9-6-5-7-10-15)20-22-24(17)18(25)23-13-12-19-21-23/h5-7,9-10,12-13H,2-4,8,11,14H2,1H3. The monoisotopic (exact) mass is 338 g/mol. The molecule has 0 amide bonds. The number of carbonyl (C=O) groups is 1. The second kappa shape index (κ2) is 8.32. The van der Waals surface area contributed by atoms with Gasteiger partial charge < -0.3 is 0 Å². The van der Waals surface area contributed by atoms with Crippen molar-refractivity contribution < 1.29 is 4.79 Å². The van der Waals surface area contributed by atoms with E-state index in [1.807, 2.05) is 18.2 Å². The van der Waals surface area contributed by atoms with Crippen LogP contribution in [0.2, 0.25) is 0 Å². The lowest BCUT2D eigenvalue weighted by molar-refractivity contribution is 0.236. The molecule has 0 radical (unpaired) electrons. The fourth-order valence-electron chi connectivity index (χ4n) is 2.79. The van der Waals surface area contributed by atoms with E-state index in [-0.39, 0.29) is 6.03 Å². The van der Waals surface area contributed by atoms with Crippen LogP contribution in [0.25, 0.3) is 0 Å². The Morgan fingerprint density at radius 1 is 1.08 bits per heavy atom. The molecule has 25 heavy (non-hydrogen) atoms. The Morgan fingerprint density at radius 3 is 2.64 bits per heavy atom. The summed E-state index contributed by atoms with van der Waals surface area (Å²) in [6.45, 7) is 2.18. The van der Waals surface area contributed by atoms with Crippen LogP contribution < -0.4 is 0 Å². The van der Waals surface area contributed by atoms with E-state index in [1.54, 1.807) is 0 Å². The van der Waals surface area contributed by atoms with Crippen molar-refractivity contribution in [1.29, 1.82) is 0 Å². The molecule has 0 bridgehead atoms. The van der Waals surface area contributed by atoms with Gasteiger partial charge in [-0.25, -0.2) is 4.79 Å². The molecule has 0 aliphatic heterocycles. The molecule has 0 N–H and O–H groups in total. The number of hydrogen-bond donors (Lipinski definition) is 0. The van der Waals surface area contributed by atoms with Crippen molar-refractivity contribution >= 4 is 6.03 Å². The molecule has 0 unspecified atom stereocenters. The zero-order chi connectivity index (χ0) is 17.5. The van der Waals surface area contributed by atoms with Crippen molar-refractivity contribution in [3.05, 3.63) is 59.7 Å². The maximum absolute atomic E-state index is 12.6. The summed E-state index contributed by atoms with van der Waals surface area (Å²) in [6, 6.07) is 9.75. The third-order valence-corrected chi connectivity index (χ3v) is 4.12. The van der Waals surface area contributed by atoms with Crippen molar-refractivity contribution in [2.75, 3.05) is 0 Å². The van der Waals surface area contributed by atoms with Crippen LogP contribution in [0.15, 0.2) is 42.7 Å². The first-order chi connectivity index (χ1) is 12.3. The Labute approximate surface area is 146 Å². The predicted molar refractivity (Wildman–Crippen MR) is 93.3 cm³/mol. The summed E-state index contributed by atoms with van der Waals surface area (Å²) in [7, 11) is 0. The summed E-state index contributed by atoms with van der Waals surface area (Å²) >= 11 is 0. The van der Waals surface area contributed by atoms with Crippen molar-refractivity contribution in [3.8, 4) is 0 Å². The average molecular weight is 338 g/mol. The second-order valence-corrected chi connectivity index (χ2v) is 6.00. The summed E-state index contributed by atoms with van der Waals surface area (Å²) in [5.41, 5.74) is 2.86. The van der Waals surface area contributed by atoms with Gasteiger partial charge in [-0.3, -0.25) is 0 Å². The van der Waals surface area contributed by atoms with Gasteiger partial charge in [0.1, 0.15) is 0 Å². The molecular formula is C18H22N6O. The molecule has 2 aromatic heterocycles. The van der Waals surface area contributed by atoms with Crippen LogP contribution in [0, 0.1) is 0 Å². The molecular weight excluding hydrogens is 316 g/mol. The smallest absolute Gasteiger partial charge is 0.243 e. The van der Waals surface area contributed by atoms with E-state index in [1.165, 1.54) is 34.6 Å². The molecule has 0 spiro atoms. The van der Waals surface area contributed by atoms with Crippen LogP contribution in [0.1, 0.15) is 49.6 Å². The first kappa shape index (κ1) is 17.0. The Bertz CT molecular complexity index is 794. The highest BCUT2D eigenvalue weighted by atomic mass is 16.2. The Morgan fingerprint density at radius 2 is 1.92 bits per heavy atom. The Balaban J connectivity index is 1.85. The van der Waals surface area contributed by atoms with Crippen molar-refractivity contribution in [3.63, 3.8) is 0 Å². The summed E-state index contributed by atoms with van der Waals surface area (Å²) in [5.74, 6) is 0. The van der Waals surface area contributed by atoms with Crippen LogP contribution in [0.5, 0.6) is 0 Å². The van der Waals surface area contributed by atoms with Crippen molar-refractivity contribution in [2.24, 2.45) is 0 Å². The van der Waals surface area contributed by atoms with Gasteiger partial charge in [-0.1, -0.05) is 66.9 Å². The number of hydrogen-bond acceptors (Lipinski definition) is 5. The molecule has 1 aromatic carbocycles. The molecule has 130 valence electrons. The van der Waals surface area contributed by atoms with Gasteiger partial charge in [-0.15, -0.1) is 10.2 Å². The second-order valence-electron chi connectivity index (χ2n) is 6.00. The van der Waals surface area contributed by atoms with Crippen LogP contribution >= 0.6 is 0 Å². The first-order valence-electron chi connectivity index (χ1n) is 8.68. The van der Waals surface area contributed by atoms with Crippen LogP contribution in [0.3, 0.4) is 0 Å². The molecule has 0 saturated carbocycles. The number of benzene rings is 1. The minimum Gasteiger partial charge on any atom is -0.243 e. The topological polar surface area (TPSA) is 78.5 Å². The van der Waals surface area contributed by atoms with E-state index in [0.29, 0.717) is 6.42 Å². The molecule has 0 fully saturated rings. The number of nitrogens with zero attached hydrogens (tertiary/aromatic N) is 6. The SMILES string of the molecule is CCCCCCc1c(Cc2ccccc2)nnn1C(=O)n1ccnn1. The maximum Gasteiger partial charge on any atom is 0.372 e. The summed E-state index contributed by atoms with van der Waals surface area (Å²) < 4.78 is 2.54. The van der Waals surface area contributed by atoms with Gasteiger partial charge in [-0.05, 0) is 18.4 Å². The summed E-state index contributed by atoms with van der Waals surface area (Å²) in [5, 5.41) is 15.8. The summed E-state index contributed by atoms with van der Waals surface area (Å²) in [4.78, 5) is 12.6. The lowest BCUT2D eigenvalue weighted by atomic mass is 10.0. The fraction of sp³-hybridized carbons (Fsp3) is 0.389. The van der Waals surface area contributed by atoms with Crippen molar-refractivity contribution in [1.82, 2.24) is 30.0 Å². The normalized spacial score (nSPS) is 10.9. The number of unbranched alkanes of at least 4 members (excludes halogenated alkanes) is 3. The average Bonchev–Trinajstić information content (AvgIpc) is 3.30. The zero-order valence-electron chi connectivity index (χ0n) is 14.4. The zero-order valence-corrected chi connectivity index (χ0v) is 14.4. The van der Waals surface area contributed by atoms with Gasteiger partial charge in [-0.2, -0.15) is 9.36 Å². The van der Waals surface area contributed by atoms with Gasteiger partial charge in [0.25, 0.3) is 0 Å². The Kier molecular flexibility index (Phi) is 5.66. The summed E-state index contributed by atoms with van der Waals surface area (Å²) in [6.07, 6.45) is 8.92. The van der Waals surface area contributed by atoms with Gasteiger partial charge in [0.15, 0.2) is 0 Å². The first-order valence-corrected chi connectivity index (χ1v) is 8.68. The quantitative estimate of drug-likeness (QED) is 0.619. The van der Waals surface area contributed by atoms with Gasteiger partial charge in [0.2, 0.25) is 0 Å². The lowest BCUT2D eigenvalue weighted by Gasteiger charge is -2.07. The van der Waals surface area contributed by atoms with E-state index in [2.05, 4.69) is 39.7 Å². The molecule has 2 heterocycles. The largest absolute Gasteiger partial charge is 0.372 e. The van der Waals surface area contributed by atoms with E-state index in [4.69, 9.17) is 0 Å². The van der Waals surface area contributed by atoms with Gasteiger partial charge in [0, 0.05) is 6.42 Å². The molecule has 0 aliphatic carbocycles. The lowest BCUT2D eigenvalue weighted by Crippen LogP contribution is -2.23. The third-order valence-electron chi connectivity index (χ3n) is 4.12. The number of aromatic nitrogens is 6. The third kappa shape index (κ3) is 4.17. The molecule has 0 atom stereocenters. The van der Waals surface area contributed by atoms with Crippen molar-refractivity contribution in [2.45, 2.75) is 45.4 Å². The van der Waals surface area contributed by atoms with Crippen LogP contribution in [-0.2, 0) is 12.8 Å². The predicted octanol–water partition coefficient (Wildman–Crippen LogP) is 3.10. The van der Waals surface area contributed by atoms with E-state index in [0.717, 1.165) is 36.2 Å². The Hall–Kier alpha value is -2.83. The van der Waals surface area contributed by atoms with Crippen LogP contribution in [-0.4, -0.2) is 36.0 Å². The minimum atomic E-state index is -0.352. The maximum atomic E-state index is 12.6. The molecule has 7 nitrogen and oxygen atoms in total. The highest BCUT2D eigenvalue weighted by Crippen LogP contribution is 2.16. The molecule has 3 aromatic rings. The van der Waals surface area contributed by atoms with E-state index in [9.17, 15) is 4.79 Å². The van der Waals surface area contributed by atoms with E-state index >= 15 is 0 Å². The van der Waals surface area contributed by atoms with Gasteiger partial charge in [0.05, 0.1) is 23.8 Å². The van der Waals surface area contributed by atoms with Gasteiger partial charge >= 0.3 is 6.03 Å². The number of carbonyl (C=O) groups excluding carboxylic acids is 1. The highest BCUT2D eigenvalue weighted by molar-refractivity contribution is 5.77. The number of rotatable bonds is 7.